The Kier molecular flexibility index (Phi) is 4.88. The Morgan fingerprint density at radius 2 is 1.92 bits per heavy atom. The molecule has 1 heterocycles. The van der Waals surface area contributed by atoms with Gasteiger partial charge in [0, 0.05) is 25.0 Å². The van der Waals surface area contributed by atoms with Crippen molar-refractivity contribution in [1.29, 1.82) is 0 Å². The summed E-state index contributed by atoms with van der Waals surface area (Å²) in [5.74, 6) is 0.733. The predicted molar refractivity (Wildman–Crippen MR) is 93.0 cm³/mol. The van der Waals surface area contributed by atoms with Gasteiger partial charge in [0.25, 0.3) is 0 Å². The Morgan fingerprint density at radius 3 is 2.60 bits per heavy atom. The van der Waals surface area contributed by atoms with Gasteiger partial charge in [0.2, 0.25) is 0 Å². The van der Waals surface area contributed by atoms with Crippen LogP contribution in [0.15, 0.2) is 30.3 Å². The van der Waals surface area contributed by atoms with E-state index in [1.54, 1.807) is 4.90 Å². The molecule has 1 N–H and O–H groups in total. The van der Waals surface area contributed by atoms with Crippen LogP contribution in [0.1, 0.15) is 32.8 Å². The van der Waals surface area contributed by atoms with Gasteiger partial charge in [0.15, 0.2) is 0 Å². The highest BCUT2D eigenvalue weighted by atomic mass is 16.6. The average Bonchev–Trinajstić information content (AvgIpc) is 3.23. The van der Waals surface area contributed by atoms with E-state index in [2.05, 4.69) is 5.32 Å². The Labute approximate surface area is 148 Å². The van der Waals surface area contributed by atoms with Gasteiger partial charge in [0.1, 0.15) is 12.2 Å². The van der Waals surface area contributed by atoms with Gasteiger partial charge in [-0.25, -0.2) is 9.59 Å². The smallest absolute Gasteiger partial charge is 0.410 e. The zero-order chi connectivity index (χ0) is 18.0. The van der Waals surface area contributed by atoms with Gasteiger partial charge in [-0.2, -0.15) is 0 Å². The van der Waals surface area contributed by atoms with Crippen molar-refractivity contribution in [2.24, 2.45) is 11.8 Å². The molecule has 1 aromatic rings. The lowest BCUT2D eigenvalue weighted by atomic mass is 10.1. The van der Waals surface area contributed by atoms with E-state index in [1.165, 1.54) is 0 Å². The number of ether oxygens (including phenoxy) is 2. The number of benzene rings is 1. The molecule has 0 aromatic heterocycles. The monoisotopic (exact) mass is 346 g/mol. The van der Waals surface area contributed by atoms with Crippen LogP contribution in [-0.2, 0) is 16.1 Å². The summed E-state index contributed by atoms with van der Waals surface area (Å²) in [7, 11) is 0. The molecule has 1 saturated heterocycles. The molecule has 2 aliphatic rings. The molecule has 1 saturated carbocycles. The SMILES string of the molecule is CC(C)(C)OC(=O)NC1C2CCN(C(=O)OCc3ccccc3)CC21. The van der Waals surface area contributed by atoms with Crippen LogP contribution in [0.2, 0.25) is 0 Å². The number of alkyl carbamates (subject to hydrolysis) is 1. The molecule has 6 nitrogen and oxygen atoms in total. The number of rotatable bonds is 3. The van der Waals surface area contributed by atoms with Crippen molar-refractivity contribution in [2.45, 2.75) is 45.4 Å². The fourth-order valence-corrected chi connectivity index (χ4v) is 3.37. The van der Waals surface area contributed by atoms with E-state index in [9.17, 15) is 9.59 Å². The number of nitrogens with zero attached hydrogens (tertiary/aromatic N) is 1. The first-order valence-electron chi connectivity index (χ1n) is 8.78. The van der Waals surface area contributed by atoms with E-state index in [4.69, 9.17) is 9.47 Å². The lowest BCUT2D eigenvalue weighted by Gasteiger charge is -2.25. The number of carbonyl (C=O) groups excluding carboxylic acids is 2. The van der Waals surface area contributed by atoms with E-state index in [0.717, 1.165) is 12.0 Å². The van der Waals surface area contributed by atoms with Crippen molar-refractivity contribution < 1.29 is 19.1 Å². The summed E-state index contributed by atoms with van der Waals surface area (Å²) >= 11 is 0. The zero-order valence-corrected chi connectivity index (χ0v) is 15.0. The van der Waals surface area contributed by atoms with Crippen LogP contribution in [0.4, 0.5) is 9.59 Å². The highest BCUT2D eigenvalue weighted by molar-refractivity contribution is 5.70. The van der Waals surface area contributed by atoms with Crippen LogP contribution < -0.4 is 5.32 Å². The maximum absolute atomic E-state index is 12.2. The second-order valence-corrected chi connectivity index (χ2v) is 7.77. The fraction of sp³-hybridized carbons (Fsp3) is 0.579. The molecule has 1 aromatic carbocycles. The molecule has 0 bridgehead atoms. The van der Waals surface area contributed by atoms with Gasteiger partial charge >= 0.3 is 12.2 Å². The van der Waals surface area contributed by atoms with Crippen LogP contribution in [0.25, 0.3) is 0 Å². The Bertz CT molecular complexity index is 626. The predicted octanol–water partition coefficient (Wildman–Crippen LogP) is 3.17. The summed E-state index contributed by atoms with van der Waals surface area (Å²) in [6.45, 7) is 7.11. The van der Waals surface area contributed by atoms with Crippen molar-refractivity contribution in [2.75, 3.05) is 13.1 Å². The van der Waals surface area contributed by atoms with Crippen molar-refractivity contribution in [3.8, 4) is 0 Å². The molecule has 2 fully saturated rings. The first-order valence-corrected chi connectivity index (χ1v) is 8.78. The number of likely N-dealkylation sites (tertiary alicyclic amines) is 1. The minimum Gasteiger partial charge on any atom is -0.445 e. The van der Waals surface area contributed by atoms with Crippen LogP contribution >= 0.6 is 0 Å². The molecule has 1 aliphatic heterocycles. The maximum Gasteiger partial charge on any atom is 0.410 e. The normalized spacial score (nSPS) is 24.9. The number of piperidine rings is 1. The largest absolute Gasteiger partial charge is 0.445 e. The molecule has 3 unspecified atom stereocenters. The molecule has 3 atom stereocenters. The second kappa shape index (κ2) is 6.94. The van der Waals surface area contributed by atoms with Crippen LogP contribution in [-0.4, -0.2) is 41.8 Å². The summed E-state index contributed by atoms with van der Waals surface area (Å²) in [6.07, 6.45) is 0.210. The maximum atomic E-state index is 12.2. The van der Waals surface area contributed by atoms with Crippen LogP contribution in [0.5, 0.6) is 0 Å². The number of carbonyl (C=O) groups is 2. The number of amides is 2. The van der Waals surface area contributed by atoms with Crippen LogP contribution in [0.3, 0.4) is 0 Å². The standard InChI is InChI=1S/C19H26N2O4/c1-19(2,3)25-17(22)20-16-14-9-10-21(11-15(14)16)18(23)24-12-13-7-5-4-6-8-13/h4-8,14-16H,9-12H2,1-3H3,(H,20,22). The lowest BCUT2D eigenvalue weighted by Crippen LogP contribution is -2.38. The minimum absolute atomic E-state index is 0.0989. The van der Waals surface area contributed by atoms with Gasteiger partial charge in [-0.15, -0.1) is 0 Å². The van der Waals surface area contributed by atoms with Crippen molar-refractivity contribution in [3.63, 3.8) is 0 Å². The minimum atomic E-state index is -0.503. The van der Waals surface area contributed by atoms with Gasteiger partial charge in [-0.3, -0.25) is 0 Å². The fourth-order valence-electron chi connectivity index (χ4n) is 3.37. The molecule has 1 aliphatic carbocycles. The van der Waals surface area contributed by atoms with Gasteiger partial charge in [0.05, 0.1) is 0 Å². The van der Waals surface area contributed by atoms with Gasteiger partial charge < -0.3 is 19.7 Å². The first kappa shape index (κ1) is 17.6. The van der Waals surface area contributed by atoms with E-state index in [1.807, 2.05) is 51.1 Å². The molecule has 136 valence electrons. The van der Waals surface area contributed by atoms with E-state index < -0.39 is 5.60 Å². The summed E-state index contributed by atoms with van der Waals surface area (Å²) in [5.41, 5.74) is 0.471. The highest BCUT2D eigenvalue weighted by Crippen LogP contribution is 2.45. The molecule has 0 radical (unpaired) electrons. The number of nitrogens with one attached hydrogen (secondary N) is 1. The molecule has 6 heteroatoms. The second-order valence-electron chi connectivity index (χ2n) is 7.77. The molecule has 25 heavy (non-hydrogen) atoms. The third kappa shape index (κ3) is 4.65. The molecule has 3 rings (SSSR count). The van der Waals surface area contributed by atoms with E-state index in [-0.39, 0.29) is 24.8 Å². The van der Waals surface area contributed by atoms with Crippen molar-refractivity contribution in [1.82, 2.24) is 10.2 Å². The van der Waals surface area contributed by atoms with Gasteiger partial charge in [-0.05, 0) is 38.7 Å². The third-order valence-electron chi connectivity index (χ3n) is 4.64. The average molecular weight is 346 g/mol. The number of hydrogen-bond donors (Lipinski definition) is 1. The summed E-state index contributed by atoms with van der Waals surface area (Å²) in [4.78, 5) is 25.9. The van der Waals surface area contributed by atoms with E-state index >= 15 is 0 Å². The molecular formula is C19H26N2O4. The third-order valence-corrected chi connectivity index (χ3v) is 4.64. The number of hydrogen-bond acceptors (Lipinski definition) is 4. The molecule has 2 amide bonds. The van der Waals surface area contributed by atoms with Crippen LogP contribution in [0, 0.1) is 11.8 Å². The Morgan fingerprint density at radius 1 is 1.20 bits per heavy atom. The number of fused-ring (bicyclic) bond motifs is 1. The van der Waals surface area contributed by atoms with E-state index in [0.29, 0.717) is 24.9 Å². The van der Waals surface area contributed by atoms with Gasteiger partial charge in [-0.1, -0.05) is 30.3 Å². The quantitative estimate of drug-likeness (QED) is 0.913. The zero-order valence-electron chi connectivity index (χ0n) is 15.0. The highest BCUT2D eigenvalue weighted by Gasteiger charge is 2.54. The first-order chi connectivity index (χ1) is 11.8. The Balaban J connectivity index is 1.44. The summed E-state index contributed by atoms with van der Waals surface area (Å²) in [5, 5.41) is 2.93. The lowest BCUT2D eigenvalue weighted by molar-refractivity contribution is 0.0519. The Hall–Kier alpha value is -2.24. The topological polar surface area (TPSA) is 67.9 Å². The van der Waals surface area contributed by atoms with Crippen molar-refractivity contribution in [3.05, 3.63) is 35.9 Å². The summed E-state index contributed by atoms with van der Waals surface area (Å²) < 4.78 is 10.7. The summed E-state index contributed by atoms with van der Waals surface area (Å²) in [6, 6.07) is 9.74. The molecular weight excluding hydrogens is 320 g/mol. The van der Waals surface area contributed by atoms with Crippen molar-refractivity contribution >= 4 is 12.2 Å². The molecule has 0 spiro atoms.